The Kier molecular flexibility index (Phi) is 5.06. The average Bonchev–Trinajstić information content (AvgIpc) is 3.04. The second kappa shape index (κ2) is 8.04. The van der Waals surface area contributed by atoms with Crippen molar-refractivity contribution in [1.29, 1.82) is 0 Å². The van der Waals surface area contributed by atoms with Gasteiger partial charge in [-0.15, -0.1) is 0 Å². The highest BCUT2D eigenvalue weighted by Gasteiger charge is 2.23. The average molecular weight is 434 g/mol. The third-order valence-electron chi connectivity index (χ3n) is 5.76. The molecular weight excluding hydrogens is 412 g/mol. The Morgan fingerprint density at radius 3 is 2.56 bits per heavy atom. The van der Waals surface area contributed by atoms with E-state index in [4.69, 9.17) is 9.47 Å². The number of nitrogens with one attached hydrogen (secondary N) is 1. The highest BCUT2D eigenvalue weighted by atomic mass is 16.6. The summed E-state index contributed by atoms with van der Waals surface area (Å²) in [6, 6.07) is 5.25. The number of rotatable bonds is 3. The molecule has 1 aromatic carbocycles. The van der Waals surface area contributed by atoms with Crippen LogP contribution in [0.2, 0.25) is 0 Å². The van der Waals surface area contributed by atoms with Gasteiger partial charge in [0, 0.05) is 50.5 Å². The van der Waals surface area contributed by atoms with Crippen molar-refractivity contribution in [3.05, 3.63) is 52.8 Å². The molecule has 4 heterocycles. The number of nitrogens with zero attached hydrogens (tertiary/aromatic N) is 5. The lowest BCUT2D eigenvalue weighted by Crippen LogP contribution is -2.29. The van der Waals surface area contributed by atoms with Crippen molar-refractivity contribution in [2.45, 2.75) is 25.8 Å². The van der Waals surface area contributed by atoms with E-state index in [0.717, 1.165) is 23.9 Å². The van der Waals surface area contributed by atoms with Crippen molar-refractivity contribution < 1.29 is 14.3 Å². The van der Waals surface area contributed by atoms with Crippen molar-refractivity contribution in [3.63, 3.8) is 0 Å². The number of ether oxygens (including phenoxy) is 2. The molecule has 10 heteroatoms. The van der Waals surface area contributed by atoms with E-state index in [0.29, 0.717) is 35.5 Å². The molecule has 0 atom stereocenters. The first-order valence-electron chi connectivity index (χ1n) is 10.4. The number of carbonyl (C=O) groups excluding carboxylic acids is 1. The quantitative estimate of drug-likeness (QED) is 0.527. The lowest BCUT2D eigenvalue weighted by Gasteiger charge is -2.23. The van der Waals surface area contributed by atoms with Gasteiger partial charge in [-0.05, 0) is 37.5 Å². The first-order valence-corrected chi connectivity index (χ1v) is 10.4. The van der Waals surface area contributed by atoms with Gasteiger partial charge in [0.05, 0.1) is 28.3 Å². The summed E-state index contributed by atoms with van der Waals surface area (Å²) in [6.07, 6.45) is 5.58. The van der Waals surface area contributed by atoms with Gasteiger partial charge in [-0.3, -0.25) is 24.4 Å². The Morgan fingerprint density at radius 2 is 1.81 bits per heavy atom. The van der Waals surface area contributed by atoms with E-state index in [2.05, 4.69) is 20.3 Å². The molecule has 3 aromatic heterocycles. The van der Waals surface area contributed by atoms with E-state index in [1.165, 1.54) is 0 Å². The summed E-state index contributed by atoms with van der Waals surface area (Å²) in [4.78, 5) is 38.1. The number of hydrogen-bond donors (Lipinski definition) is 1. The number of benzene rings is 1. The van der Waals surface area contributed by atoms with Gasteiger partial charge < -0.3 is 9.47 Å². The first kappa shape index (κ1) is 20.1. The summed E-state index contributed by atoms with van der Waals surface area (Å²) in [5, 5.41) is 2.73. The molecule has 1 aliphatic heterocycles. The van der Waals surface area contributed by atoms with Crippen LogP contribution in [0.4, 0.5) is 10.5 Å². The van der Waals surface area contributed by atoms with Gasteiger partial charge in [-0.25, -0.2) is 14.6 Å². The molecule has 1 aliphatic rings. The van der Waals surface area contributed by atoms with Gasteiger partial charge in [-0.1, -0.05) is 0 Å². The largest absolute Gasteiger partial charge is 0.418 e. The fourth-order valence-electron chi connectivity index (χ4n) is 4.07. The smallest absolute Gasteiger partial charge is 0.391 e. The molecule has 5 rings (SSSR count). The second-order valence-corrected chi connectivity index (χ2v) is 7.79. The number of hydrogen-bond acceptors (Lipinski definition) is 7. The Labute approximate surface area is 182 Å². The van der Waals surface area contributed by atoms with Gasteiger partial charge in [0.15, 0.2) is 0 Å². The second-order valence-electron chi connectivity index (χ2n) is 7.79. The van der Waals surface area contributed by atoms with Crippen LogP contribution in [0.25, 0.3) is 22.1 Å². The molecule has 0 radical (unpaired) electrons. The van der Waals surface area contributed by atoms with E-state index < -0.39 is 6.09 Å². The number of anilines is 1. The fraction of sp³-hybridized carbons (Fsp3) is 0.318. The topological polar surface area (TPSA) is 113 Å². The molecule has 1 fully saturated rings. The third kappa shape index (κ3) is 3.58. The van der Waals surface area contributed by atoms with Crippen molar-refractivity contribution in [3.8, 4) is 5.88 Å². The van der Waals surface area contributed by atoms with Crippen LogP contribution in [0.1, 0.15) is 24.4 Å². The minimum atomic E-state index is -0.681. The van der Waals surface area contributed by atoms with Crippen molar-refractivity contribution in [2.75, 3.05) is 18.5 Å². The Bertz CT molecular complexity index is 1390. The van der Waals surface area contributed by atoms with E-state index in [1.54, 1.807) is 46.9 Å². The maximum atomic E-state index is 12.8. The lowest BCUT2D eigenvalue weighted by atomic mass is 10.1. The SMILES string of the molecule is Cc1cc2nccnc2cc1NC(=O)Oc1cc2c(cn1)n(C)c(=O)n2C1CCOCC1. The van der Waals surface area contributed by atoms with Crippen LogP contribution in [-0.2, 0) is 11.8 Å². The highest BCUT2D eigenvalue weighted by molar-refractivity contribution is 5.91. The molecule has 1 amide bonds. The normalized spacial score (nSPS) is 14.7. The van der Waals surface area contributed by atoms with E-state index in [9.17, 15) is 9.59 Å². The fourth-order valence-corrected chi connectivity index (χ4v) is 4.07. The number of aromatic nitrogens is 5. The maximum Gasteiger partial charge on any atom is 0.418 e. The Balaban J connectivity index is 1.42. The van der Waals surface area contributed by atoms with E-state index in [1.807, 2.05) is 13.0 Å². The van der Waals surface area contributed by atoms with Gasteiger partial charge in [0.2, 0.25) is 5.88 Å². The molecule has 0 spiro atoms. The molecule has 0 unspecified atom stereocenters. The Hall–Kier alpha value is -3.79. The summed E-state index contributed by atoms with van der Waals surface area (Å²) in [5.41, 5.74) is 4.04. The molecule has 0 saturated carbocycles. The van der Waals surface area contributed by atoms with E-state index >= 15 is 0 Å². The third-order valence-corrected chi connectivity index (χ3v) is 5.76. The van der Waals surface area contributed by atoms with Crippen LogP contribution < -0.4 is 15.7 Å². The number of pyridine rings is 1. The summed E-state index contributed by atoms with van der Waals surface area (Å²) in [7, 11) is 1.71. The Morgan fingerprint density at radius 1 is 1.09 bits per heavy atom. The minimum Gasteiger partial charge on any atom is -0.391 e. The van der Waals surface area contributed by atoms with Crippen LogP contribution in [0, 0.1) is 6.92 Å². The van der Waals surface area contributed by atoms with Crippen LogP contribution in [0.3, 0.4) is 0 Å². The summed E-state index contributed by atoms with van der Waals surface area (Å²) in [5.74, 6) is 0.111. The molecule has 1 saturated heterocycles. The highest BCUT2D eigenvalue weighted by Crippen LogP contribution is 2.26. The minimum absolute atomic E-state index is 0.0328. The lowest BCUT2D eigenvalue weighted by molar-refractivity contribution is 0.0696. The zero-order valence-electron chi connectivity index (χ0n) is 17.7. The number of fused-ring (bicyclic) bond motifs is 2. The monoisotopic (exact) mass is 434 g/mol. The molecule has 32 heavy (non-hydrogen) atoms. The number of imidazole rings is 1. The van der Waals surface area contributed by atoms with Crippen molar-refractivity contribution in [2.24, 2.45) is 7.05 Å². The first-order chi connectivity index (χ1) is 15.5. The zero-order valence-corrected chi connectivity index (χ0v) is 17.7. The molecule has 164 valence electrons. The molecule has 0 aliphatic carbocycles. The predicted molar refractivity (Wildman–Crippen MR) is 118 cm³/mol. The van der Waals surface area contributed by atoms with Crippen molar-refractivity contribution >= 4 is 33.8 Å². The van der Waals surface area contributed by atoms with Crippen LogP contribution in [-0.4, -0.2) is 43.4 Å². The summed E-state index contributed by atoms with van der Waals surface area (Å²) < 4.78 is 14.2. The molecule has 1 N–H and O–H groups in total. The summed E-state index contributed by atoms with van der Waals surface area (Å²) in [6.45, 7) is 3.09. The predicted octanol–water partition coefficient (Wildman–Crippen LogP) is 2.95. The van der Waals surface area contributed by atoms with E-state index in [-0.39, 0.29) is 17.6 Å². The zero-order chi connectivity index (χ0) is 22.2. The van der Waals surface area contributed by atoms with Crippen molar-refractivity contribution in [1.82, 2.24) is 24.1 Å². The van der Waals surface area contributed by atoms with Gasteiger partial charge >= 0.3 is 11.8 Å². The van der Waals surface area contributed by atoms with Gasteiger partial charge in [0.25, 0.3) is 0 Å². The molecule has 10 nitrogen and oxygen atoms in total. The number of amides is 1. The maximum absolute atomic E-state index is 12.8. The number of aryl methyl sites for hydroxylation is 2. The number of carbonyl (C=O) groups is 1. The molecule has 0 bridgehead atoms. The standard InChI is InChI=1S/C22H22N6O4/c1-13-9-16-17(24-6-5-23-16)10-15(13)26-21(29)32-20-11-18-19(12-25-20)27(2)22(30)28(18)14-3-7-31-8-4-14/h5-6,9-12,14H,3-4,7-8H2,1-2H3,(H,26,29). The molecule has 4 aromatic rings. The van der Waals surface area contributed by atoms with Crippen LogP contribution >= 0.6 is 0 Å². The molecular formula is C22H22N6O4. The van der Waals surface area contributed by atoms with Crippen LogP contribution in [0.5, 0.6) is 5.88 Å². The van der Waals surface area contributed by atoms with Crippen LogP contribution in [0.15, 0.2) is 41.6 Å². The van der Waals surface area contributed by atoms with Gasteiger partial charge in [0.1, 0.15) is 0 Å². The summed E-state index contributed by atoms with van der Waals surface area (Å²) >= 11 is 0. The van der Waals surface area contributed by atoms with Gasteiger partial charge in [-0.2, -0.15) is 0 Å².